The summed E-state index contributed by atoms with van der Waals surface area (Å²) < 4.78 is 0. The lowest BCUT2D eigenvalue weighted by molar-refractivity contribution is 0.259. The highest BCUT2D eigenvalue weighted by Crippen LogP contribution is 2.01. The maximum atomic E-state index is 10.2. The number of nitrogens with one attached hydrogen (secondary N) is 2. The molecule has 0 spiro atoms. The van der Waals surface area contributed by atoms with E-state index >= 15 is 0 Å². The van der Waals surface area contributed by atoms with Crippen LogP contribution in [0.3, 0.4) is 0 Å². The third kappa shape index (κ3) is 1.49. The Kier molecular flexibility index (Phi) is 1.40. The van der Waals surface area contributed by atoms with Crippen molar-refractivity contribution in [2.24, 2.45) is 5.73 Å². The fourth-order valence-electron chi connectivity index (χ4n) is 0.544. The van der Waals surface area contributed by atoms with Gasteiger partial charge in [0.1, 0.15) is 0 Å². The van der Waals surface area contributed by atoms with Crippen molar-refractivity contribution < 1.29 is 4.79 Å². The van der Waals surface area contributed by atoms with Crippen molar-refractivity contribution >= 4 is 11.7 Å². The molecule has 0 saturated heterocycles. The smallest absolute Gasteiger partial charge is 0.316 e. The first-order valence-corrected chi connectivity index (χ1v) is 2.48. The number of hydrogen-bond acceptors (Lipinski definition) is 1. The van der Waals surface area contributed by atoms with Crippen molar-refractivity contribution in [1.82, 2.24) is 4.98 Å². The Morgan fingerprint density at radius 2 is 2.56 bits per heavy atom. The second-order valence-electron chi connectivity index (χ2n) is 1.59. The Balaban J connectivity index is 2.58. The third-order valence-corrected chi connectivity index (χ3v) is 0.865. The second-order valence-corrected chi connectivity index (χ2v) is 1.59. The summed E-state index contributed by atoms with van der Waals surface area (Å²) in [6.07, 6.45) is 3.34. The summed E-state index contributed by atoms with van der Waals surface area (Å²) >= 11 is 0. The molecule has 0 atom stereocenters. The minimum absolute atomic E-state index is 0.547. The van der Waals surface area contributed by atoms with Crippen LogP contribution in [0.25, 0.3) is 0 Å². The standard InChI is InChI=1S/C5H7N3O/c6-5(9)8-4-1-2-7-3-4/h1-3,7H,(H3,6,8,9). The number of hydrogen-bond donors (Lipinski definition) is 3. The van der Waals surface area contributed by atoms with Crippen LogP contribution in [0.5, 0.6) is 0 Å². The van der Waals surface area contributed by atoms with Crippen molar-refractivity contribution in [2.75, 3.05) is 5.32 Å². The number of urea groups is 1. The summed E-state index contributed by atoms with van der Waals surface area (Å²) in [6, 6.07) is 1.17. The van der Waals surface area contributed by atoms with Gasteiger partial charge in [0.05, 0.1) is 5.69 Å². The predicted molar refractivity (Wildman–Crippen MR) is 34.0 cm³/mol. The van der Waals surface area contributed by atoms with Crippen LogP contribution in [0.15, 0.2) is 18.5 Å². The van der Waals surface area contributed by atoms with Crippen molar-refractivity contribution in [3.63, 3.8) is 0 Å². The topological polar surface area (TPSA) is 70.9 Å². The maximum Gasteiger partial charge on any atom is 0.316 e. The highest BCUT2D eigenvalue weighted by molar-refractivity contribution is 5.87. The predicted octanol–water partition coefficient (Wildman–Crippen LogP) is 0.505. The van der Waals surface area contributed by atoms with Crippen LogP contribution >= 0.6 is 0 Å². The molecule has 0 radical (unpaired) electrons. The lowest BCUT2D eigenvalue weighted by atomic mass is 10.5. The van der Waals surface area contributed by atoms with Crippen LogP contribution < -0.4 is 11.1 Å². The van der Waals surface area contributed by atoms with Gasteiger partial charge in [0.2, 0.25) is 0 Å². The van der Waals surface area contributed by atoms with Crippen molar-refractivity contribution in [3.05, 3.63) is 18.5 Å². The molecule has 4 nitrogen and oxygen atoms in total. The number of rotatable bonds is 1. The zero-order valence-electron chi connectivity index (χ0n) is 4.72. The fourth-order valence-corrected chi connectivity index (χ4v) is 0.544. The summed E-state index contributed by atoms with van der Waals surface area (Å²) in [5.41, 5.74) is 5.50. The number of primary amides is 1. The Bertz CT molecular complexity index is 192. The maximum absolute atomic E-state index is 10.2. The van der Waals surface area contributed by atoms with E-state index in [1.54, 1.807) is 18.5 Å². The molecule has 48 valence electrons. The van der Waals surface area contributed by atoms with Gasteiger partial charge in [-0.1, -0.05) is 0 Å². The molecule has 0 fully saturated rings. The van der Waals surface area contributed by atoms with E-state index in [0.29, 0.717) is 5.69 Å². The molecule has 0 bridgehead atoms. The van der Waals surface area contributed by atoms with Gasteiger partial charge in [-0.05, 0) is 6.07 Å². The SMILES string of the molecule is NC(=O)Nc1cc[nH]c1. The number of H-pyrrole nitrogens is 1. The van der Waals surface area contributed by atoms with Gasteiger partial charge in [0.15, 0.2) is 0 Å². The lowest BCUT2D eigenvalue weighted by Crippen LogP contribution is -2.18. The normalized spacial score (nSPS) is 8.89. The van der Waals surface area contributed by atoms with Crippen LogP contribution in [-0.4, -0.2) is 11.0 Å². The minimum Gasteiger partial charge on any atom is -0.366 e. The molecule has 2 amide bonds. The number of aromatic nitrogens is 1. The van der Waals surface area contributed by atoms with E-state index < -0.39 is 6.03 Å². The Labute approximate surface area is 52.1 Å². The van der Waals surface area contributed by atoms with E-state index in [1.807, 2.05) is 0 Å². The summed E-state index contributed by atoms with van der Waals surface area (Å²) in [5, 5.41) is 2.39. The first-order valence-electron chi connectivity index (χ1n) is 2.48. The quantitative estimate of drug-likeness (QED) is 0.502. The summed E-state index contributed by atoms with van der Waals surface area (Å²) in [4.78, 5) is 12.9. The molecule has 0 aromatic carbocycles. The highest BCUT2D eigenvalue weighted by Gasteiger charge is 1.91. The molecule has 1 rings (SSSR count). The van der Waals surface area contributed by atoms with Gasteiger partial charge in [-0.15, -0.1) is 0 Å². The van der Waals surface area contributed by atoms with Gasteiger partial charge in [0.25, 0.3) is 0 Å². The van der Waals surface area contributed by atoms with Crippen LogP contribution in [0.4, 0.5) is 10.5 Å². The van der Waals surface area contributed by atoms with Crippen molar-refractivity contribution in [1.29, 1.82) is 0 Å². The van der Waals surface area contributed by atoms with Crippen molar-refractivity contribution in [2.45, 2.75) is 0 Å². The molecule has 1 aromatic heterocycles. The highest BCUT2D eigenvalue weighted by atomic mass is 16.2. The number of carbonyl (C=O) groups excluding carboxylic acids is 1. The van der Waals surface area contributed by atoms with Crippen LogP contribution in [-0.2, 0) is 0 Å². The fraction of sp³-hybridized carbons (Fsp3) is 0. The Hall–Kier alpha value is -1.45. The first-order chi connectivity index (χ1) is 4.29. The van der Waals surface area contributed by atoms with Gasteiger partial charge >= 0.3 is 6.03 Å². The van der Waals surface area contributed by atoms with E-state index in [0.717, 1.165) is 0 Å². The van der Waals surface area contributed by atoms with E-state index in [1.165, 1.54) is 0 Å². The zero-order valence-corrected chi connectivity index (χ0v) is 4.72. The van der Waals surface area contributed by atoms with Gasteiger partial charge in [-0.3, -0.25) is 0 Å². The number of anilines is 1. The van der Waals surface area contributed by atoms with Crippen LogP contribution in [0.1, 0.15) is 0 Å². The van der Waals surface area contributed by atoms with Gasteiger partial charge in [-0.2, -0.15) is 0 Å². The van der Waals surface area contributed by atoms with Gasteiger partial charge in [0, 0.05) is 12.4 Å². The molecule has 4 N–H and O–H groups in total. The summed E-state index contributed by atoms with van der Waals surface area (Å²) in [5.74, 6) is 0. The first kappa shape index (κ1) is 5.68. The molecule has 1 heterocycles. The van der Waals surface area contributed by atoms with Crippen LogP contribution in [0.2, 0.25) is 0 Å². The average Bonchev–Trinajstić information content (AvgIpc) is 2.15. The lowest BCUT2D eigenvalue weighted by Gasteiger charge is -1.92. The van der Waals surface area contributed by atoms with Crippen LogP contribution in [0, 0.1) is 0 Å². The molecule has 9 heavy (non-hydrogen) atoms. The zero-order chi connectivity index (χ0) is 6.69. The monoisotopic (exact) mass is 125 g/mol. The molecule has 0 aliphatic carbocycles. The van der Waals surface area contributed by atoms with Gasteiger partial charge in [-0.25, -0.2) is 4.79 Å². The number of carbonyl (C=O) groups is 1. The molecular formula is C5H7N3O. The molecule has 0 saturated carbocycles. The van der Waals surface area contributed by atoms with E-state index in [2.05, 4.69) is 10.3 Å². The Morgan fingerprint density at radius 3 is 3.00 bits per heavy atom. The minimum atomic E-state index is -0.547. The van der Waals surface area contributed by atoms with Crippen molar-refractivity contribution in [3.8, 4) is 0 Å². The molecule has 1 aromatic rings. The average molecular weight is 125 g/mol. The molecule has 0 aliphatic heterocycles. The molecule has 0 aliphatic rings. The van der Waals surface area contributed by atoms with E-state index in [-0.39, 0.29) is 0 Å². The third-order valence-electron chi connectivity index (χ3n) is 0.865. The number of nitrogens with two attached hydrogens (primary N) is 1. The number of amides is 2. The van der Waals surface area contributed by atoms with Gasteiger partial charge < -0.3 is 16.0 Å². The largest absolute Gasteiger partial charge is 0.366 e. The molecular weight excluding hydrogens is 118 g/mol. The summed E-state index contributed by atoms with van der Waals surface area (Å²) in [7, 11) is 0. The Morgan fingerprint density at radius 1 is 1.78 bits per heavy atom. The second kappa shape index (κ2) is 2.21. The summed E-state index contributed by atoms with van der Waals surface area (Å²) in [6.45, 7) is 0. The number of aromatic amines is 1. The molecule has 0 unspecified atom stereocenters. The van der Waals surface area contributed by atoms with E-state index in [9.17, 15) is 4.79 Å². The molecule has 4 heteroatoms. The van der Waals surface area contributed by atoms with E-state index in [4.69, 9.17) is 5.73 Å².